The van der Waals surface area contributed by atoms with Crippen LogP contribution in [0.5, 0.6) is 5.88 Å². The van der Waals surface area contributed by atoms with Crippen molar-refractivity contribution in [3.05, 3.63) is 11.8 Å². The summed E-state index contributed by atoms with van der Waals surface area (Å²) in [5.41, 5.74) is 0. The minimum atomic E-state index is -0.505. The van der Waals surface area contributed by atoms with Crippen molar-refractivity contribution in [3.8, 4) is 5.88 Å². The molecular formula is C16H27NO6. The second kappa shape index (κ2) is 10.2. The van der Waals surface area contributed by atoms with Gasteiger partial charge in [-0.2, -0.15) is 0 Å². The third-order valence-corrected chi connectivity index (χ3v) is 3.09. The average Bonchev–Trinajstić information content (AvgIpc) is 2.93. The van der Waals surface area contributed by atoms with E-state index in [0.29, 0.717) is 31.5 Å². The van der Waals surface area contributed by atoms with E-state index in [9.17, 15) is 4.79 Å². The fraction of sp³-hybridized carbons (Fsp3) is 0.750. The Balaban J connectivity index is 2.69. The van der Waals surface area contributed by atoms with Crippen molar-refractivity contribution in [2.24, 2.45) is 5.92 Å². The van der Waals surface area contributed by atoms with Gasteiger partial charge in [-0.3, -0.25) is 4.79 Å². The molecular weight excluding hydrogens is 302 g/mol. The molecule has 1 atom stereocenters. The summed E-state index contributed by atoms with van der Waals surface area (Å²) < 4.78 is 26.6. The molecule has 0 aliphatic heterocycles. The molecule has 0 aliphatic rings. The smallest absolute Gasteiger partial charge is 0.317 e. The lowest BCUT2D eigenvalue weighted by molar-refractivity contribution is -0.153. The normalized spacial score (nSPS) is 12.7. The zero-order valence-electron chi connectivity index (χ0n) is 14.5. The van der Waals surface area contributed by atoms with Gasteiger partial charge >= 0.3 is 5.97 Å². The van der Waals surface area contributed by atoms with Gasteiger partial charge in [0.2, 0.25) is 0 Å². The Morgan fingerprint density at radius 2 is 1.83 bits per heavy atom. The van der Waals surface area contributed by atoms with E-state index < -0.39 is 12.2 Å². The van der Waals surface area contributed by atoms with Crippen molar-refractivity contribution in [1.82, 2.24) is 5.16 Å². The number of esters is 1. The van der Waals surface area contributed by atoms with Crippen LogP contribution in [0.3, 0.4) is 0 Å². The minimum Gasteiger partial charge on any atom is -0.470 e. The lowest BCUT2D eigenvalue weighted by Gasteiger charge is -2.16. The number of ether oxygens (including phenoxy) is 4. The van der Waals surface area contributed by atoms with E-state index >= 15 is 0 Å². The molecule has 0 fully saturated rings. The molecule has 1 heterocycles. The maximum absolute atomic E-state index is 12.0. The van der Waals surface area contributed by atoms with Crippen LogP contribution in [0.1, 0.15) is 46.3 Å². The molecule has 0 aliphatic carbocycles. The molecule has 0 radical (unpaired) electrons. The summed E-state index contributed by atoms with van der Waals surface area (Å²) in [4.78, 5) is 12.0. The number of aromatic nitrogens is 1. The molecule has 1 aromatic rings. The van der Waals surface area contributed by atoms with Gasteiger partial charge in [0, 0.05) is 19.3 Å². The molecule has 7 heteroatoms. The first-order valence-corrected chi connectivity index (χ1v) is 8.02. The van der Waals surface area contributed by atoms with Gasteiger partial charge in [0.25, 0.3) is 5.88 Å². The number of hydrogen-bond acceptors (Lipinski definition) is 7. The largest absolute Gasteiger partial charge is 0.470 e. The Morgan fingerprint density at radius 1 is 1.17 bits per heavy atom. The quantitative estimate of drug-likeness (QED) is 0.456. The van der Waals surface area contributed by atoms with Crippen molar-refractivity contribution in [2.75, 3.05) is 26.4 Å². The van der Waals surface area contributed by atoms with Crippen LogP contribution in [0.2, 0.25) is 0 Å². The van der Waals surface area contributed by atoms with Crippen molar-refractivity contribution in [1.29, 1.82) is 0 Å². The summed E-state index contributed by atoms with van der Waals surface area (Å²) in [6, 6.07) is 1.61. The first-order chi connectivity index (χ1) is 11.0. The molecule has 1 unspecified atom stereocenters. The van der Waals surface area contributed by atoms with Crippen LogP contribution in [-0.2, 0) is 19.0 Å². The minimum absolute atomic E-state index is 0.0226. The lowest BCUT2D eigenvalue weighted by atomic mass is 9.93. The molecule has 1 aromatic heterocycles. The van der Waals surface area contributed by atoms with E-state index in [2.05, 4.69) is 5.16 Å². The summed E-state index contributed by atoms with van der Waals surface area (Å²) in [6.07, 6.45) is -0.462. The van der Waals surface area contributed by atoms with Crippen LogP contribution in [0.4, 0.5) is 0 Å². The molecule has 0 amide bonds. The van der Waals surface area contributed by atoms with Gasteiger partial charge in [-0.1, -0.05) is 13.8 Å². The highest BCUT2D eigenvalue weighted by atomic mass is 16.7. The SMILES string of the molecule is CCOC(=O)C(c1cc(OCC(OCC)OCC)no1)C(C)C. The van der Waals surface area contributed by atoms with Crippen LogP contribution >= 0.6 is 0 Å². The van der Waals surface area contributed by atoms with Crippen LogP contribution in [0, 0.1) is 5.92 Å². The van der Waals surface area contributed by atoms with Crippen LogP contribution < -0.4 is 4.74 Å². The van der Waals surface area contributed by atoms with E-state index in [0.717, 1.165) is 0 Å². The van der Waals surface area contributed by atoms with Gasteiger partial charge in [-0.15, -0.1) is 0 Å². The Hall–Kier alpha value is -1.60. The second-order valence-corrected chi connectivity index (χ2v) is 5.19. The third kappa shape index (κ3) is 6.19. The highest BCUT2D eigenvalue weighted by Crippen LogP contribution is 2.28. The molecule has 0 N–H and O–H groups in total. The van der Waals surface area contributed by atoms with E-state index in [4.69, 9.17) is 23.5 Å². The fourth-order valence-corrected chi connectivity index (χ4v) is 2.11. The summed E-state index contributed by atoms with van der Waals surface area (Å²) in [7, 11) is 0. The number of carbonyl (C=O) groups is 1. The third-order valence-electron chi connectivity index (χ3n) is 3.09. The Morgan fingerprint density at radius 3 is 2.35 bits per heavy atom. The zero-order chi connectivity index (χ0) is 17.2. The van der Waals surface area contributed by atoms with Gasteiger partial charge in [0.05, 0.1) is 6.61 Å². The predicted molar refractivity (Wildman–Crippen MR) is 83.3 cm³/mol. The number of carbonyl (C=O) groups excluding carboxylic acids is 1. The average molecular weight is 329 g/mol. The van der Waals surface area contributed by atoms with Gasteiger partial charge in [0.15, 0.2) is 12.1 Å². The molecule has 0 bridgehead atoms. The zero-order valence-corrected chi connectivity index (χ0v) is 14.5. The van der Waals surface area contributed by atoms with Gasteiger partial charge in [0.1, 0.15) is 12.5 Å². The number of rotatable bonds is 11. The molecule has 0 spiro atoms. The summed E-state index contributed by atoms with van der Waals surface area (Å²) in [6.45, 7) is 10.9. The molecule has 1 rings (SSSR count). The summed E-state index contributed by atoms with van der Waals surface area (Å²) in [5.74, 6) is -0.0901. The van der Waals surface area contributed by atoms with Crippen LogP contribution in [0.15, 0.2) is 10.6 Å². The van der Waals surface area contributed by atoms with Crippen LogP contribution in [-0.4, -0.2) is 43.8 Å². The first-order valence-electron chi connectivity index (χ1n) is 8.02. The molecule has 0 aromatic carbocycles. The Bertz CT molecular complexity index is 453. The maximum Gasteiger partial charge on any atom is 0.317 e. The number of hydrogen-bond donors (Lipinski definition) is 0. The molecule has 0 saturated carbocycles. The highest BCUT2D eigenvalue weighted by Gasteiger charge is 2.30. The molecule has 132 valence electrons. The first kappa shape index (κ1) is 19.4. The molecule has 7 nitrogen and oxygen atoms in total. The Kier molecular flexibility index (Phi) is 8.65. The van der Waals surface area contributed by atoms with E-state index in [1.54, 1.807) is 13.0 Å². The second-order valence-electron chi connectivity index (χ2n) is 5.19. The maximum atomic E-state index is 12.0. The monoisotopic (exact) mass is 329 g/mol. The predicted octanol–water partition coefficient (Wildman–Crippen LogP) is 2.76. The van der Waals surface area contributed by atoms with Gasteiger partial charge in [-0.25, -0.2) is 0 Å². The molecule has 23 heavy (non-hydrogen) atoms. The number of nitrogens with zero attached hydrogens (tertiary/aromatic N) is 1. The van der Waals surface area contributed by atoms with Gasteiger partial charge < -0.3 is 23.5 Å². The summed E-state index contributed by atoms with van der Waals surface area (Å²) >= 11 is 0. The van der Waals surface area contributed by atoms with Crippen molar-refractivity contribution in [3.63, 3.8) is 0 Å². The topological polar surface area (TPSA) is 80.0 Å². The lowest BCUT2D eigenvalue weighted by Crippen LogP contribution is -2.25. The van der Waals surface area contributed by atoms with Crippen molar-refractivity contribution < 1.29 is 28.3 Å². The van der Waals surface area contributed by atoms with Gasteiger partial charge in [-0.05, 0) is 31.8 Å². The standard InChI is InChI=1S/C16H27NO6/c1-6-19-14(20-7-2)10-22-13-9-12(23-17-13)15(11(4)5)16(18)21-8-3/h9,11,14-15H,6-8,10H2,1-5H3. The van der Waals surface area contributed by atoms with Crippen LogP contribution in [0.25, 0.3) is 0 Å². The van der Waals surface area contributed by atoms with Crippen molar-refractivity contribution >= 4 is 5.97 Å². The van der Waals surface area contributed by atoms with E-state index in [-0.39, 0.29) is 18.5 Å². The fourth-order valence-electron chi connectivity index (χ4n) is 2.11. The van der Waals surface area contributed by atoms with Crippen molar-refractivity contribution in [2.45, 2.75) is 46.8 Å². The summed E-state index contributed by atoms with van der Waals surface area (Å²) in [5, 5.41) is 3.84. The van der Waals surface area contributed by atoms with E-state index in [1.807, 2.05) is 27.7 Å². The Labute approximate surface area is 137 Å². The highest BCUT2D eigenvalue weighted by molar-refractivity contribution is 5.77. The molecule has 0 saturated heterocycles. The van der Waals surface area contributed by atoms with E-state index in [1.165, 1.54) is 0 Å².